The maximum Gasteiger partial charge on any atom is 0.576 e. The lowest BCUT2D eigenvalue weighted by atomic mass is 10.2. The Kier molecular flexibility index (Phi) is 6.62. The summed E-state index contributed by atoms with van der Waals surface area (Å²) in [5.74, 6) is -4.18. The van der Waals surface area contributed by atoms with E-state index < -0.39 is 31.9 Å². The van der Waals surface area contributed by atoms with Crippen LogP contribution in [-0.2, 0) is 9.59 Å². The highest BCUT2D eigenvalue weighted by Crippen LogP contribution is 2.23. The number of hydrogen-bond acceptors (Lipinski definition) is 4. The van der Waals surface area contributed by atoms with E-state index in [1.54, 1.807) is 10.6 Å². The Morgan fingerprint density at radius 2 is 1.10 bits per heavy atom. The highest BCUT2D eigenvalue weighted by Gasteiger charge is 2.39. The quantitative estimate of drug-likeness (QED) is 0.555. The van der Waals surface area contributed by atoms with Crippen LogP contribution in [0.3, 0.4) is 0 Å². The zero-order valence-electron chi connectivity index (χ0n) is 14.2. The Morgan fingerprint density at radius 1 is 0.724 bits per heavy atom. The molecule has 0 saturated heterocycles. The van der Waals surface area contributed by atoms with Crippen molar-refractivity contribution in [1.82, 2.24) is 0 Å². The van der Waals surface area contributed by atoms with Gasteiger partial charge in [-0.05, 0) is 24.3 Å². The summed E-state index contributed by atoms with van der Waals surface area (Å²) in [6.45, 7) is 0. The van der Waals surface area contributed by atoms with E-state index in [1.165, 1.54) is 36.4 Å². The van der Waals surface area contributed by atoms with Crippen molar-refractivity contribution < 1.29 is 45.2 Å². The third-order valence-corrected chi connectivity index (χ3v) is 3.15. The molecule has 0 saturated carbocycles. The van der Waals surface area contributed by atoms with Crippen molar-refractivity contribution >= 4 is 30.9 Å². The molecule has 0 aliphatic heterocycles. The van der Waals surface area contributed by atoms with E-state index in [2.05, 4.69) is 0 Å². The fourth-order valence-electron chi connectivity index (χ4n) is 1.90. The van der Waals surface area contributed by atoms with Crippen molar-refractivity contribution in [2.75, 3.05) is 10.6 Å². The topological polar surface area (TPSA) is 76.7 Å². The molecule has 6 nitrogen and oxygen atoms in total. The Labute approximate surface area is 160 Å². The largest absolute Gasteiger partial charge is 0.576 e. The number of rotatable bonds is 6. The second-order valence-corrected chi connectivity index (χ2v) is 5.37. The normalized spacial score (nSPS) is 11.4. The standard InChI is InChI=1S/C16H11BF6N2O4/c18-15(19,20)13(26)24-9-3-1-5-11(7-9)28-17-29-12-6-2-4-10(8-12)25-14(27)16(21,22)23/h1-8,17H,(H,24,26)(H,25,27). The molecule has 154 valence electrons. The zero-order valence-corrected chi connectivity index (χ0v) is 14.2. The summed E-state index contributed by atoms with van der Waals surface area (Å²) in [7, 11) is -0.451. The molecule has 2 rings (SSSR count). The van der Waals surface area contributed by atoms with Gasteiger partial charge in [0.2, 0.25) is 0 Å². The number of hydrogen-bond donors (Lipinski definition) is 2. The monoisotopic (exact) mass is 420 g/mol. The summed E-state index contributed by atoms with van der Waals surface area (Å²) in [4.78, 5) is 21.8. The molecular weight excluding hydrogens is 409 g/mol. The Morgan fingerprint density at radius 3 is 1.45 bits per heavy atom. The van der Waals surface area contributed by atoms with Crippen LogP contribution >= 0.6 is 0 Å². The molecule has 0 bridgehead atoms. The second kappa shape index (κ2) is 8.75. The molecule has 2 N–H and O–H groups in total. The Bertz CT molecular complexity index is 817. The number of benzene rings is 2. The second-order valence-electron chi connectivity index (χ2n) is 5.37. The number of amides is 2. The molecule has 29 heavy (non-hydrogen) atoms. The van der Waals surface area contributed by atoms with Gasteiger partial charge in [-0.3, -0.25) is 9.59 Å². The molecule has 0 aromatic heterocycles. The Balaban J connectivity index is 1.92. The molecule has 0 spiro atoms. The summed E-state index contributed by atoms with van der Waals surface area (Å²) in [6, 6.07) is 10.1. The number of nitrogens with one attached hydrogen (secondary N) is 2. The minimum atomic E-state index is -5.05. The van der Waals surface area contributed by atoms with Crippen LogP contribution in [-0.4, -0.2) is 31.9 Å². The van der Waals surface area contributed by atoms with Gasteiger partial charge in [0.25, 0.3) is 0 Å². The van der Waals surface area contributed by atoms with Crippen molar-refractivity contribution in [1.29, 1.82) is 0 Å². The van der Waals surface area contributed by atoms with Gasteiger partial charge in [0.1, 0.15) is 11.5 Å². The van der Waals surface area contributed by atoms with E-state index in [0.717, 1.165) is 12.1 Å². The van der Waals surface area contributed by atoms with E-state index >= 15 is 0 Å². The fraction of sp³-hybridized carbons (Fsp3) is 0.125. The highest BCUT2D eigenvalue weighted by molar-refractivity contribution is 6.20. The predicted molar refractivity (Wildman–Crippen MR) is 90.7 cm³/mol. The molecule has 0 heterocycles. The number of carbonyl (C=O) groups excluding carboxylic acids is 2. The average molecular weight is 420 g/mol. The first-order valence-corrected chi connectivity index (χ1v) is 7.67. The maximum atomic E-state index is 12.3. The van der Waals surface area contributed by atoms with Gasteiger partial charge in [-0.15, -0.1) is 0 Å². The number of carbonyl (C=O) groups is 2. The third-order valence-electron chi connectivity index (χ3n) is 3.15. The van der Waals surface area contributed by atoms with E-state index in [4.69, 9.17) is 9.31 Å². The van der Waals surface area contributed by atoms with Crippen LogP contribution in [0.4, 0.5) is 37.7 Å². The predicted octanol–water partition coefficient (Wildman–Crippen LogP) is 3.41. The van der Waals surface area contributed by atoms with Crippen molar-refractivity contribution in [2.45, 2.75) is 12.4 Å². The van der Waals surface area contributed by atoms with Gasteiger partial charge in [-0.1, -0.05) is 12.1 Å². The molecule has 0 aliphatic rings. The molecule has 2 aromatic carbocycles. The van der Waals surface area contributed by atoms with Gasteiger partial charge in [0.05, 0.1) is 0 Å². The zero-order chi connectivity index (χ0) is 21.7. The first kappa shape index (κ1) is 21.9. The summed E-state index contributed by atoms with van der Waals surface area (Å²) >= 11 is 0. The van der Waals surface area contributed by atoms with Gasteiger partial charge in [0.15, 0.2) is 0 Å². The molecule has 0 fully saturated rings. The van der Waals surface area contributed by atoms with Crippen LogP contribution in [0.5, 0.6) is 11.5 Å². The van der Waals surface area contributed by atoms with E-state index in [-0.39, 0.29) is 22.9 Å². The molecule has 0 radical (unpaired) electrons. The van der Waals surface area contributed by atoms with Crippen LogP contribution < -0.4 is 19.9 Å². The SMILES string of the molecule is O=C(Nc1cccc(OBOc2cccc(NC(=O)C(F)(F)F)c2)c1)C(F)(F)F. The molecule has 2 aromatic rings. The molecular formula is C16H11BF6N2O4. The van der Waals surface area contributed by atoms with Crippen molar-refractivity contribution in [3.63, 3.8) is 0 Å². The lowest BCUT2D eigenvalue weighted by Crippen LogP contribution is -2.29. The molecule has 0 unspecified atom stereocenters. The molecule has 0 aliphatic carbocycles. The van der Waals surface area contributed by atoms with Crippen LogP contribution in [0.15, 0.2) is 48.5 Å². The van der Waals surface area contributed by atoms with Gasteiger partial charge < -0.3 is 19.9 Å². The summed E-state index contributed by atoms with van der Waals surface area (Å²) < 4.78 is 83.8. The van der Waals surface area contributed by atoms with Crippen molar-refractivity contribution in [3.05, 3.63) is 48.5 Å². The van der Waals surface area contributed by atoms with E-state index in [1.807, 2.05) is 0 Å². The lowest BCUT2D eigenvalue weighted by molar-refractivity contribution is -0.167. The minimum Gasteiger partial charge on any atom is -0.528 e. The number of halogens is 6. The number of alkyl halides is 6. The minimum absolute atomic E-state index is 0.0616. The maximum absolute atomic E-state index is 12.3. The molecule has 2 amide bonds. The van der Waals surface area contributed by atoms with Crippen LogP contribution in [0.25, 0.3) is 0 Å². The van der Waals surface area contributed by atoms with Gasteiger partial charge in [0, 0.05) is 23.5 Å². The first-order chi connectivity index (χ1) is 13.4. The smallest absolute Gasteiger partial charge is 0.528 e. The number of anilines is 2. The average Bonchev–Trinajstić information content (AvgIpc) is 2.61. The van der Waals surface area contributed by atoms with Crippen molar-refractivity contribution in [3.8, 4) is 11.5 Å². The summed E-state index contributed by atoms with van der Waals surface area (Å²) in [5, 5.41) is 3.30. The van der Waals surface area contributed by atoms with E-state index in [0.29, 0.717) is 0 Å². The van der Waals surface area contributed by atoms with Crippen LogP contribution in [0.1, 0.15) is 0 Å². The molecule has 13 heteroatoms. The first-order valence-electron chi connectivity index (χ1n) is 7.67. The summed E-state index contributed by atoms with van der Waals surface area (Å²) in [5.41, 5.74) is -0.330. The van der Waals surface area contributed by atoms with Crippen LogP contribution in [0, 0.1) is 0 Å². The summed E-state index contributed by atoms with van der Waals surface area (Å²) in [6.07, 6.45) is -10.1. The fourth-order valence-corrected chi connectivity index (χ4v) is 1.90. The lowest BCUT2D eigenvalue weighted by Gasteiger charge is -2.12. The van der Waals surface area contributed by atoms with Crippen LogP contribution in [0.2, 0.25) is 0 Å². The van der Waals surface area contributed by atoms with Crippen molar-refractivity contribution in [2.24, 2.45) is 0 Å². The van der Waals surface area contributed by atoms with E-state index in [9.17, 15) is 35.9 Å². The van der Waals surface area contributed by atoms with Gasteiger partial charge >= 0.3 is 31.9 Å². The molecule has 0 atom stereocenters. The Hall–Kier alpha value is -3.38. The van der Waals surface area contributed by atoms with Gasteiger partial charge in [-0.25, -0.2) is 0 Å². The highest BCUT2D eigenvalue weighted by atomic mass is 19.4. The third kappa shape index (κ3) is 6.94. The van der Waals surface area contributed by atoms with Gasteiger partial charge in [-0.2, -0.15) is 26.3 Å².